The maximum atomic E-state index is 12.6. The van der Waals surface area contributed by atoms with Crippen molar-refractivity contribution in [2.24, 2.45) is 0 Å². The smallest absolute Gasteiger partial charge is 0.410 e. The standard InChI is InChI=1S/C22H28ClN3O4.C12H10ClNO2/c1-22(2,3)30-21(29)25-12-10-24(11-13-25)15-17-8-9-26(20(28)19(17)27)14-16-4-6-18(23)7-5-16;13-10-5-3-9(4-6-10)8-14-7-1-2-11(15)12(14)16/h4-9,27H,10-15H2,1-3H3;1-7,15H,8H2. The lowest BCUT2D eigenvalue weighted by Gasteiger charge is -2.35. The highest BCUT2D eigenvalue weighted by molar-refractivity contribution is 6.30. The van der Waals surface area contributed by atoms with E-state index in [2.05, 4.69) is 4.90 Å². The summed E-state index contributed by atoms with van der Waals surface area (Å²) < 4.78 is 8.33. The van der Waals surface area contributed by atoms with Gasteiger partial charge in [0.05, 0.1) is 13.1 Å². The molecule has 1 aliphatic heterocycles. The van der Waals surface area contributed by atoms with Crippen LogP contribution in [0.4, 0.5) is 4.79 Å². The van der Waals surface area contributed by atoms with Crippen molar-refractivity contribution in [2.45, 2.75) is 46.0 Å². The van der Waals surface area contributed by atoms with Crippen LogP contribution in [0.15, 0.2) is 88.7 Å². The third kappa shape index (κ3) is 9.87. The van der Waals surface area contributed by atoms with E-state index in [9.17, 15) is 24.6 Å². The summed E-state index contributed by atoms with van der Waals surface area (Å²) in [5.74, 6) is -0.475. The normalized spacial score (nSPS) is 13.5. The molecule has 2 aromatic heterocycles. The van der Waals surface area contributed by atoms with E-state index in [1.54, 1.807) is 53.7 Å². The molecular weight excluding hydrogens is 631 g/mol. The van der Waals surface area contributed by atoms with Crippen LogP contribution in [0.2, 0.25) is 10.0 Å². The Bertz CT molecular complexity index is 1740. The van der Waals surface area contributed by atoms with Crippen LogP contribution in [0.25, 0.3) is 0 Å². The Kier molecular flexibility index (Phi) is 11.6. The van der Waals surface area contributed by atoms with Crippen molar-refractivity contribution < 1.29 is 19.7 Å². The summed E-state index contributed by atoms with van der Waals surface area (Å²) in [5.41, 5.74) is 1.13. The number of carbonyl (C=O) groups is 1. The molecule has 1 amide bonds. The molecule has 2 aromatic carbocycles. The molecule has 0 spiro atoms. The molecule has 0 aliphatic carbocycles. The maximum Gasteiger partial charge on any atom is 0.410 e. The highest BCUT2D eigenvalue weighted by atomic mass is 35.5. The number of hydrogen-bond acceptors (Lipinski definition) is 7. The van der Waals surface area contributed by atoms with E-state index in [-0.39, 0.29) is 17.6 Å². The van der Waals surface area contributed by atoms with Gasteiger partial charge in [0.25, 0.3) is 11.1 Å². The highest BCUT2D eigenvalue weighted by Crippen LogP contribution is 2.18. The number of benzene rings is 2. The predicted molar refractivity (Wildman–Crippen MR) is 179 cm³/mol. The molecule has 2 N–H and O–H groups in total. The Balaban J connectivity index is 0.000000252. The zero-order chi connectivity index (χ0) is 33.4. The quantitative estimate of drug-likeness (QED) is 0.276. The molecule has 244 valence electrons. The van der Waals surface area contributed by atoms with E-state index in [1.165, 1.54) is 15.2 Å². The van der Waals surface area contributed by atoms with Crippen LogP contribution in [-0.4, -0.2) is 67.0 Å². The van der Waals surface area contributed by atoms with Gasteiger partial charge in [-0.25, -0.2) is 4.79 Å². The van der Waals surface area contributed by atoms with Crippen molar-refractivity contribution in [2.75, 3.05) is 26.2 Å². The van der Waals surface area contributed by atoms with Gasteiger partial charge >= 0.3 is 6.09 Å². The third-order valence-electron chi connectivity index (χ3n) is 7.17. The van der Waals surface area contributed by atoms with Crippen LogP contribution in [0.3, 0.4) is 0 Å². The van der Waals surface area contributed by atoms with Gasteiger partial charge in [-0.1, -0.05) is 47.5 Å². The van der Waals surface area contributed by atoms with Gasteiger partial charge in [-0.2, -0.15) is 0 Å². The van der Waals surface area contributed by atoms with Gasteiger partial charge in [0.1, 0.15) is 5.60 Å². The van der Waals surface area contributed by atoms with Gasteiger partial charge in [-0.15, -0.1) is 0 Å². The van der Waals surface area contributed by atoms with Crippen molar-refractivity contribution >= 4 is 29.3 Å². The molecule has 12 heteroatoms. The zero-order valence-corrected chi connectivity index (χ0v) is 27.5. The lowest BCUT2D eigenvalue weighted by Crippen LogP contribution is -2.49. The number of aromatic hydroxyl groups is 2. The van der Waals surface area contributed by atoms with Gasteiger partial charge in [-0.05, 0) is 74.4 Å². The number of halogens is 2. The Hall–Kier alpha value is -4.25. The first-order valence-electron chi connectivity index (χ1n) is 14.8. The van der Waals surface area contributed by atoms with Crippen LogP contribution in [0, 0.1) is 0 Å². The van der Waals surface area contributed by atoms with Gasteiger partial charge in [0.15, 0.2) is 11.5 Å². The van der Waals surface area contributed by atoms with Gasteiger partial charge in [0, 0.05) is 60.7 Å². The minimum absolute atomic E-state index is 0.235. The summed E-state index contributed by atoms with van der Waals surface area (Å²) >= 11 is 11.7. The van der Waals surface area contributed by atoms with Gasteiger partial charge < -0.3 is 29.0 Å². The topological polar surface area (TPSA) is 117 Å². The second-order valence-corrected chi connectivity index (χ2v) is 12.8. The summed E-state index contributed by atoms with van der Waals surface area (Å²) in [6, 6.07) is 19.3. The van der Waals surface area contributed by atoms with E-state index in [0.717, 1.165) is 11.1 Å². The molecule has 46 heavy (non-hydrogen) atoms. The van der Waals surface area contributed by atoms with Crippen molar-refractivity contribution in [1.82, 2.24) is 18.9 Å². The number of pyridine rings is 2. The summed E-state index contributed by atoms with van der Waals surface area (Å²) in [6.45, 7) is 9.15. The molecule has 5 rings (SSSR count). The van der Waals surface area contributed by atoms with Crippen molar-refractivity contribution in [3.63, 3.8) is 0 Å². The fourth-order valence-corrected chi connectivity index (χ4v) is 4.98. The number of aromatic nitrogens is 2. The predicted octanol–water partition coefficient (Wildman–Crippen LogP) is 5.56. The zero-order valence-electron chi connectivity index (χ0n) is 26.0. The van der Waals surface area contributed by atoms with Gasteiger partial charge in [0.2, 0.25) is 0 Å². The molecule has 10 nitrogen and oxygen atoms in total. The maximum absolute atomic E-state index is 12.6. The Morgan fingerprint density at radius 1 is 0.739 bits per heavy atom. The molecule has 1 aliphatic rings. The monoisotopic (exact) mass is 668 g/mol. The SMILES string of the molecule is CC(C)(C)OC(=O)N1CCN(Cc2ccn(Cc3ccc(Cl)cc3)c(=O)c2O)CC1.O=c1c(O)cccn1Cc1ccc(Cl)cc1. The van der Waals surface area contributed by atoms with Crippen LogP contribution in [0.5, 0.6) is 11.5 Å². The summed E-state index contributed by atoms with van der Waals surface area (Å²) in [4.78, 5) is 40.1. The molecular formula is C34H38Cl2N4O6. The molecule has 0 radical (unpaired) electrons. The first kappa shape index (κ1) is 34.6. The number of hydrogen-bond donors (Lipinski definition) is 2. The van der Waals surface area contributed by atoms with Crippen LogP contribution in [-0.2, 0) is 24.4 Å². The van der Waals surface area contributed by atoms with Crippen LogP contribution >= 0.6 is 23.2 Å². The Morgan fingerprint density at radius 3 is 1.78 bits per heavy atom. The van der Waals surface area contributed by atoms with Crippen LogP contribution < -0.4 is 11.1 Å². The summed E-state index contributed by atoms with van der Waals surface area (Å²) in [6.07, 6.45) is 3.02. The molecule has 0 saturated carbocycles. The number of piperazine rings is 1. The van der Waals surface area contributed by atoms with E-state index in [1.807, 2.05) is 45.0 Å². The lowest BCUT2D eigenvalue weighted by molar-refractivity contribution is 0.0138. The molecule has 1 fully saturated rings. The van der Waals surface area contributed by atoms with E-state index in [4.69, 9.17) is 27.9 Å². The minimum Gasteiger partial charge on any atom is -0.503 e. The number of ether oxygens (including phenoxy) is 1. The van der Waals surface area contributed by atoms with E-state index in [0.29, 0.717) is 61.4 Å². The summed E-state index contributed by atoms with van der Waals surface area (Å²) in [7, 11) is 0. The summed E-state index contributed by atoms with van der Waals surface area (Å²) in [5, 5.41) is 21.0. The van der Waals surface area contributed by atoms with Crippen LogP contribution in [0.1, 0.15) is 37.5 Å². The van der Waals surface area contributed by atoms with E-state index >= 15 is 0 Å². The average molecular weight is 670 g/mol. The largest absolute Gasteiger partial charge is 0.503 e. The number of amides is 1. The molecule has 0 bridgehead atoms. The number of rotatable bonds is 6. The fraction of sp³-hybridized carbons (Fsp3) is 0.324. The highest BCUT2D eigenvalue weighted by Gasteiger charge is 2.26. The molecule has 3 heterocycles. The van der Waals surface area contributed by atoms with Crippen molar-refractivity contribution in [1.29, 1.82) is 0 Å². The van der Waals surface area contributed by atoms with Crippen molar-refractivity contribution in [3.8, 4) is 11.5 Å². The first-order valence-corrected chi connectivity index (χ1v) is 15.5. The Labute approximate surface area is 277 Å². The molecule has 4 aromatic rings. The van der Waals surface area contributed by atoms with Gasteiger partial charge in [-0.3, -0.25) is 14.5 Å². The molecule has 0 unspecified atom stereocenters. The number of carbonyl (C=O) groups excluding carboxylic acids is 1. The number of nitrogens with zero attached hydrogens (tertiary/aromatic N) is 4. The molecule has 1 saturated heterocycles. The molecule has 0 atom stereocenters. The van der Waals surface area contributed by atoms with E-state index < -0.39 is 16.7 Å². The first-order chi connectivity index (χ1) is 21.8. The van der Waals surface area contributed by atoms with Crippen molar-refractivity contribution in [3.05, 3.63) is 127 Å². The minimum atomic E-state index is -0.518. The average Bonchev–Trinajstić information content (AvgIpc) is 3.01. The third-order valence-corrected chi connectivity index (χ3v) is 7.68. The second kappa shape index (κ2) is 15.4. The lowest BCUT2D eigenvalue weighted by atomic mass is 10.2. The Morgan fingerprint density at radius 2 is 1.26 bits per heavy atom. The fourth-order valence-electron chi connectivity index (χ4n) is 4.73. The second-order valence-electron chi connectivity index (χ2n) is 11.9.